The second-order valence-electron chi connectivity index (χ2n) is 4.54. The van der Waals surface area contributed by atoms with Crippen LogP contribution in [0.4, 0.5) is 11.6 Å². The summed E-state index contributed by atoms with van der Waals surface area (Å²) < 4.78 is 0. The van der Waals surface area contributed by atoms with Crippen molar-refractivity contribution >= 4 is 28.5 Å². The summed E-state index contributed by atoms with van der Waals surface area (Å²) in [7, 11) is 0. The van der Waals surface area contributed by atoms with E-state index in [2.05, 4.69) is 20.3 Å². The second-order valence-corrected chi connectivity index (χ2v) is 4.54. The molecule has 0 bridgehead atoms. The lowest BCUT2D eigenvalue weighted by Gasteiger charge is -2.07. The van der Waals surface area contributed by atoms with E-state index in [4.69, 9.17) is 5.11 Å². The Labute approximate surface area is 120 Å². The fourth-order valence-corrected chi connectivity index (χ4v) is 2.01. The Hall–Kier alpha value is -3.02. The monoisotopic (exact) mass is 280 g/mol. The molecule has 0 fully saturated rings. The Kier molecular flexibility index (Phi) is 3.19. The minimum Gasteiger partial charge on any atom is -0.478 e. The molecule has 1 aromatic carbocycles. The number of para-hydroxylation sites is 1. The van der Waals surface area contributed by atoms with E-state index in [0.29, 0.717) is 11.6 Å². The van der Waals surface area contributed by atoms with Gasteiger partial charge in [0.25, 0.3) is 0 Å². The first-order chi connectivity index (χ1) is 10.1. The zero-order valence-corrected chi connectivity index (χ0v) is 11.2. The Morgan fingerprint density at radius 2 is 2.00 bits per heavy atom. The van der Waals surface area contributed by atoms with E-state index in [1.54, 1.807) is 13.1 Å². The molecule has 0 unspecified atom stereocenters. The van der Waals surface area contributed by atoms with Gasteiger partial charge in [0.2, 0.25) is 5.95 Å². The van der Waals surface area contributed by atoms with E-state index >= 15 is 0 Å². The number of pyridine rings is 1. The van der Waals surface area contributed by atoms with Gasteiger partial charge in [-0.15, -0.1) is 0 Å². The molecular weight excluding hydrogens is 268 g/mol. The van der Waals surface area contributed by atoms with Gasteiger partial charge in [0.1, 0.15) is 0 Å². The summed E-state index contributed by atoms with van der Waals surface area (Å²) in [5.74, 6) is -0.694. The van der Waals surface area contributed by atoms with E-state index in [1.165, 1.54) is 6.20 Å². The highest BCUT2D eigenvalue weighted by Crippen LogP contribution is 2.18. The number of carboxylic acids is 1. The van der Waals surface area contributed by atoms with Crippen LogP contribution in [-0.4, -0.2) is 26.0 Å². The van der Waals surface area contributed by atoms with Gasteiger partial charge in [0, 0.05) is 11.6 Å². The summed E-state index contributed by atoms with van der Waals surface area (Å²) in [6, 6.07) is 9.70. The van der Waals surface area contributed by atoms with E-state index < -0.39 is 5.97 Å². The van der Waals surface area contributed by atoms with Gasteiger partial charge in [-0.25, -0.2) is 14.8 Å². The molecule has 3 rings (SSSR count). The number of fused-ring (bicyclic) bond motifs is 1. The van der Waals surface area contributed by atoms with Gasteiger partial charge in [-0.3, -0.25) is 4.98 Å². The fraction of sp³-hybridized carbons (Fsp3) is 0.0667. The number of hydrogen-bond acceptors (Lipinski definition) is 5. The van der Waals surface area contributed by atoms with E-state index in [-0.39, 0.29) is 5.56 Å². The number of carbonyl (C=O) groups is 1. The van der Waals surface area contributed by atoms with Crippen molar-refractivity contribution in [2.45, 2.75) is 6.92 Å². The van der Waals surface area contributed by atoms with Gasteiger partial charge in [0.05, 0.1) is 28.7 Å². The lowest BCUT2D eigenvalue weighted by Crippen LogP contribution is -2.06. The third kappa shape index (κ3) is 2.64. The van der Waals surface area contributed by atoms with Crippen LogP contribution in [0.2, 0.25) is 0 Å². The van der Waals surface area contributed by atoms with Crippen LogP contribution in [-0.2, 0) is 0 Å². The number of aryl methyl sites for hydroxylation is 1. The first-order valence-electron chi connectivity index (χ1n) is 6.32. The molecule has 0 radical (unpaired) electrons. The van der Waals surface area contributed by atoms with Crippen LogP contribution in [0.5, 0.6) is 0 Å². The summed E-state index contributed by atoms with van der Waals surface area (Å²) in [4.78, 5) is 23.4. The van der Waals surface area contributed by atoms with E-state index in [0.717, 1.165) is 16.6 Å². The number of nitrogens with zero attached hydrogens (tertiary/aromatic N) is 3. The summed E-state index contributed by atoms with van der Waals surface area (Å²) in [6.45, 7) is 1.63. The summed E-state index contributed by atoms with van der Waals surface area (Å²) in [6.07, 6.45) is 2.98. The van der Waals surface area contributed by atoms with Gasteiger partial charge < -0.3 is 10.4 Å². The Morgan fingerprint density at radius 1 is 1.19 bits per heavy atom. The quantitative estimate of drug-likeness (QED) is 0.767. The zero-order chi connectivity index (χ0) is 14.8. The zero-order valence-electron chi connectivity index (χ0n) is 11.2. The maximum absolute atomic E-state index is 10.9. The molecule has 2 aromatic heterocycles. The number of benzene rings is 1. The highest BCUT2D eigenvalue weighted by Gasteiger charge is 2.10. The van der Waals surface area contributed by atoms with Crippen molar-refractivity contribution in [1.82, 2.24) is 15.0 Å². The van der Waals surface area contributed by atoms with Crippen molar-refractivity contribution in [2.75, 3.05) is 5.32 Å². The molecule has 104 valence electrons. The molecule has 0 aliphatic carbocycles. The van der Waals surface area contributed by atoms with Crippen molar-refractivity contribution in [2.24, 2.45) is 0 Å². The molecule has 3 aromatic rings. The largest absolute Gasteiger partial charge is 0.478 e. The van der Waals surface area contributed by atoms with Crippen molar-refractivity contribution < 1.29 is 9.90 Å². The van der Waals surface area contributed by atoms with Crippen molar-refractivity contribution in [3.63, 3.8) is 0 Å². The highest BCUT2D eigenvalue weighted by atomic mass is 16.4. The van der Waals surface area contributed by atoms with Crippen molar-refractivity contribution in [1.29, 1.82) is 0 Å². The number of carboxylic acid groups (broad SMARTS) is 1. The standard InChI is InChI=1S/C15H12N4O2/c1-9-12(14(20)21)8-17-15(18-9)19-11-6-10-4-2-3-5-13(10)16-7-11/h2-8H,1H3,(H,20,21)(H,17,18,19). The molecule has 0 amide bonds. The maximum atomic E-state index is 10.9. The minimum atomic E-state index is -1.04. The highest BCUT2D eigenvalue weighted by molar-refractivity contribution is 5.88. The van der Waals surface area contributed by atoms with Crippen LogP contribution >= 0.6 is 0 Å². The smallest absolute Gasteiger partial charge is 0.339 e. The summed E-state index contributed by atoms with van der Waals surface area (Å²) in [5.41, 5.74) is 2.16. The van der Waals surface area contributed by atoms with Gasteiger partial charge >= 0.3 is 5.97 Å². The number of anilines is 2. The molecule has 0 spiro atoms. The molecule has 6 nitrogen and oxygen atoms in total. The van der Waals surface area contributed by atoms with Gasteiger partial charge in [-0.05, 0) is 19.1 Å². The molecule has 0 aliphatic heterocycles. The van der Waals surface area contributed by atoms with Crippen molar-refractivity contribution in [3.8, 4) is 0 Å². The van der Waals surface area contributed by atoms with Crippen LogP contribution in [0.3, 0.4) is 0 Å². The molecule has 2 heterocycles. The second kappa shape index (κ2) is 5.16. The van der Waals surface area contributed by atoms with Gasteiger partial charge in [-0.2, -0.15) is 0 Å². The van der Waals surface area contributed by atoms with Crippen LogP contribution in [0.1, 0.15) is 16.1 Å². The topological polar surface area (TPSA) is 88.0 Å². The lowest BCUT2D eigenvalue weighted by atomic mass is 10.2. The minimum absolute atomic E-state index is 0.0946. The number of hydrogen-bond donors (Lipinski definition) is 2. The first kappa shape index (κ1) is 13.0. The third-order valence-corrected chi connectivity index (χ3v) is 3.06. The Morgan fingerprint density at radius 3 is 2.76 bits per heavy atom. The molecule has 0 saturated heterocycles. The molecule has 2 N–H and O–H groups in total. The lowest BCUT2D eigenvalue weighted by molar-refractivity contribution is 0.0695. The number of aromatic nitrogens is 3. The normalized spacial score (nSPS) is 10.5. The third-order valence-electron chi connectivity index (χ3n) is 3.06. The van der Waals surface area contributed by atoms with Crippen LogP contribution in [0.25, 0.3) is 10.9 Å². The molecule has 21 heavy (non-hydrogen) atoms. The van der Waals surface area contributed by atoms with Crippen LogP contribution in [0, 0.1) is 6.92 Å². The molecule has 6 heteroatoms. The average Bonchev–Trinajstić information content (AvgIpc) is 2.47. The first-order valence-corrected chi connectivity index (χ1v) is 6.32. The fourth-order valence-electron chi connectivity index (χ4n) is 2.01. The summed E-state index contributed by atoms with van der Waals surface area (Å²) in [5, 5.41) is 13.0. The van der Waals surface area contributed by atoms with Gasteiger partial charge in [0.15, 0.2) is 0 Å². The average molecular weight is 280 g/mol. The number of aromatic carboxylic acids is 1. The molecule has 0 aliphatic rings. The Bertz CT molecular complexity index is 833. The maximum Gasteiger partial charge on any atom is 0.339 e. The number of nitrogens with one attached hydrogen (secondary N) is 1. The Balaban J connectivity index is 1.91. The van der Waals surface area contributed by atoms with E-state index in [1.807, 2.05) is 30.3 Å². The van der Waals surface area contributed by atoms with Gasteiger partial charge in [-0.1, -0.05) is 18.2 Å². The number of rotatable bonds is 3. The molecular formula is C15H12N4O2. The van der Waals surface area contributed by atoms with Crippen LogP contribution < -0.4 is 5.32 Å². The van der Waals surface area contributed by atoms with Crippen LogP contribution in [0.15, 0.2) is 42.7 Å². The summed E-state index contributed by atoms with van der Waals surface area (Å²) >= 11 is 0. The van der Waals surface area contributed by atoms with Crippen molar-refractivity contribution in [3.05, 3.63) is 54.0 Å². The molecule has 0 saturated carbocycles. The predicted molar refractivity (Wildman–Crippen MR) is 78.8 cm³/mol. The predicted octanol–water partition coefficient (Wildman–Crippen LogP) is 2.78. The van der Waals surface area contributed by atoms with E-state index in [9.17, 15) is 4.79 Å². The molecule has 0 atom stereocenters. The SMILES string of the molecule is Cc1nc(Nc2cnc3ccccc3c2)ncc1C(=O)O.